The predicted octanol–water partition coefficient (Wildman–Crippen LogP) is 1.59. The Morgan fingerprint density at radius 2 is 1.85 bits per heavy atom. The highest BCUT2D eigenvalue weighted by Gasteiger charge is 2.16. The van der Waals surface area contributed by atoms with Crippen LogP contribution in [0.1, 0.15) is 10.5 Å². The standard InChI is InChI=1S/C18H16ClN3O4/c19-11-5-7-13(8-6-11)26-10-12(23)9-22-18(25)15-4-2-1-3-14(15)16(21-22)17(20)24/h1-8,12,23H,9-10H2,(H2,20,24). The zero-order chi connectivity index (χ0) is 18.7. The molecule has 1 heterocycles. The quantitative estimate of drug-likeness (QED) is 0.682. The lowest BCUT2D eigenvalue weighted by Gasteiger charge is -2.14. The van der Waals surface area contributed by atoms with Crippen molar-refractivity contribution in [2.45, 2.75) is 12.6 Å². The van der Waals surface area contributed by atoms with Crippen LogP contribution in [0.4, 0.5) is 0 Å². The molecule has 7 nitrogen and oxygen atoms in total. The second-order valence-electron chi connectivity index (χ2n) is 5.66. The van der Waals surface area contributed by atoms with E-state index in [4.69, 9.17) is 22.1 Å². The number of rotatable bonds is 6. The van der Waals surface area contributed by atoms with Crippen LogP contribution in [0, 0.1) is 0 Å². The molecule has 0 bridgehead atoms. The first-order chi connectivity index (χ1) is 12.5. The van der Waals surface area contributed by atoms with Crippen molar-refractivity contribution >= 4 is 28.3 Å². The summed E-state index contributed by atoms with van der Waals surface area (Å²) in [5.74, 6) is -0.216. The summed E-state index contributed by atoms with van der Waals surface area (Å²) in [6.45, 7) is -0.202. The third kappa shape index (κ3) is 3.84. The van der Waals surface area contributed by atoms with Gasteiger partial charge in [-0.2, -0.15) is 5.10 Å². The van der Waals surface area contributed by atoms with Crippen LogP contribution in [0.15, 0.2) is 53.3 Å². The van der Waals surface area contributed by atoms with Crippen LogP contribution >= 0.6 is 11.6 Å². The number of halogens is 1. The van der Waals surface area contributed by atoms with Gasteiger partial charge in [0.15, 0.2) is 5.69 Å². The van der Waals surface area contributed by atoms with Crippen molar-refractivity contribution in [3.8, 4) is 5.75 Å². The van der Waals surface area contributed by atoms with Gasteiger partial charge in [-0.15, -0.1) is 0 Å². The number of hydrogen-bond donors (Lipinski definition) is 2. The molecular formula is C18H16ClN3O4. The van der Waals surface area contributed by atoms with Gasteiger partial charge in [0, 0.05) is 10.4 Å². The van der Waals surface area contributed by atoms with Crippen LogP contribution in [-0.4, -0.2) is 33.5 Å². The van der Waals surface area contributed by atoms with Crippen molar-refractivity contribution in [3.05, 3.63) is 69.6 Å². The minimum absolute atomic E-state index is 0.0222. The summed E-state index contributed by atoms with van der Waals surface area (Å²) in [7, 11) is 0. The molecule has 0 spiro atoms. The maximum atomic E-state index is 12.5. The molecule has 8 heteroatoms. The van der Waals surface area contributed by atoms with Gasteiger partial charge in [0.25, 0.3) is 11.5 Å². The molecule has 2 aromatic carbocycles. The van der Waals surface area contributed by atoms with Gasteiger partial charge < -0.3 is 15.6 Å². The molecule has 0 saturated carbocycles. The molecule has 1 aromatic heterocycles. The number of amides is 1. The molecule has 0 aliphatic heterocycles. The van der Waals surface area contributed by atoms with Crippen LogP contribution in [-0.2, 0) is 6.54 Å². The van der Waals surface area contributed by atoms with E-state index >= 15 is 0 Å². The zero-order valence-electron chi connectivity index (χ0n) is 13.6. The minimum atomic E-state index is -1.02. The number of ether oxygens (including phenoxy) is 1. The molecule has 134 valence electrons. The highest BCUT2D eigenvalue weighted by atomic mass is 35.5. The van der Waals surface area contributed by atoms with Crippen LogP contribution < -0.4 is 16.0 Å². The number of benzene rings is 2. The van der Waals surface area contributed by atoms with E-state index < -0.39 is 17.6 Å². The van der Waals surface area contributed by atoms with Gasteiger partial charge in [0.1, 0.15) is 18.5 Å². The fourth-order valence-corrected chi connectivity index (χ4v) is 2.64. The summed E-state index contributed by atoms with van der Waals surface area (Å²) < 4.78 is 6.48. The molecular weight excluding hydrogens is 358 g/mol. The summed E-state index contributed by atoms with van der Waals surface area (Å²) in [4.78, 5) is 24.2. The number of carbonyl (C=O) groups is 1. The molecule has 3 rings (SSSR count). The minimum Gasteiger partial charge on any atom is -0.491 e. The number of nitrogens with two attached hydrogens (primary N) is 1. The highest BCUT2D eigenvalue weighted by Crippen LogP contribution is 2.16. The van der Waals surface area contributed by atoms with Crippen molar-refractivity contribution in [2.24, 2.45) is 5.73 Å². The van der Waals surface area contributed by atoms with E-state index in [1.54, 1.807) is 48.5 Å². The number of aliphatic hydroxyl groups is 1. The zero-order valence-corrected chi connectivity index (χ0v) is 14.4. The lowest BCUT2D eigenvalue weighted by atomic mass is 10.1. The lowest BCUT2D eigenvalue weighted by molar-refractivity contribution is 0.0871. The average molecular weight is 374 g/mol. The maximum Gasteiger partial charge on any atom is 0.274 e. The maximum absolute atomic E-state index is 12.5. The van der Waals surface area contributed by atoms with Crippen LogP contribution in [0.2, 0.25) is 5.02 Å². The Hall–Kier alpha value is -2.90. The topological polar surface area (TPSA) is 107 Å². The molecule has 3 aromatic rings. The number of carbonyl (C=O) groups excluding carboxylic acids is 1. The Balaban J connectivity index is 1.81. The molecule has 0 fully saturated rings. The number of primary amides is 1. The van der Waals surface area contributed by atoms with Gasteiger partial charge >= 0.3 is 0 Å². The van der Waals surface area contributed by atoms with E-state index in [0.29, 0.717) is 21.5 Å². The molecule has 0 radical (unpaired) electrons. The molecule has 3 N–H and O–H groups in total. The molecule has 1 unspecified atom stereocenters. The van der Waals surface area contributed by atoms with Gasteiger partial charge in [-0.3, -0.25) is 9.59 Å². The second kappa shape index (κ2) is 7.55. The van der Waals surface area contributed by atoms with Gasteiger partial charge in [0.2, 0.25) is 0 Å². The van der Waals surface area contributed by atoms with E-state index in [1.807, 2.05) is 0 Å². The fourth-order valence-electron chi connectivity index (χ4n) is 2.52. The second-order valence-corrected chi connectivity index (χ2v) is 6.10. The number of hydrogen-bond acceptors (Lipinski definition) is 5. The SMILES string of the molecule is NC(=O)c1nn(CC(O)COc2ccc(Cl)cc2)c(=O)c2ccccc12. The van der Waals surface area contributed by atoms with Gasteiger partial charge in [-0.05, 0) is 30.3 Å². The van der Waals surface area contributed by atoms with Gasteiger partial charge in [0.05, 0.1) is 11.9 Å². The Kier molecular flexibility index (Phi) is 5.20. The van der Waals surface area contributed by atoms with E-state index in [9.17, 15) is 14.7 Å². The summed E-state index contributed by atoms with van der Waals surface area (Å²) in [5, 5.41) is 15.4. The molecule has 26 heavy (non-hydrogen) atoms. The highest BCUT2D eigenvalue weighted by molar-refractivity contribution is 6.30. The summed E-state index contributed by atoms with van der Waals surface area (Å²) >= 11 is 5.80. The molecule has 0 aliphatic rings. The Morgan fingerprint density at radius 3 is 2.50 bits per heavy atom. The fraction of sp³-hybridized carbons (Fsp3) is 0.167. The average Bonchev–Trinajstić information content (AvgIpc) is 2.63. The number of nitrogens with zero attached hydrogens (tertiary/aromatic N) is 2. The first-order valence-electron chi connectivity index (χ1n) is 7.82. The number of aromatic nitrogens is 2. The smallest absolute Gasteiger partial charge is 0.274 e. The summed E-state index contributed by atoms with van der Waals surface area (Å²) in [6.07, 6.45) is -1.02. The van der Waals surface area contributed by atoms with Crippen molar-refractivity contribution in [3.63, 3.8) is 0 Å². The first-order valence-corrected chi connectivity index (χ1v) is 8.19. The largest absolute Gasteiger partial charge is 0.491 e. The van der Waals surface area contributed by atoms with E-state index in [-0.39, 0.29) is 18.8 Å². The number of aliphatic hydroxyl groups excluding tert-OH is 1. The molecule has 0 saturated heterocycles. The van der Waals surface area contributed by atoms with Gasteiger partial charge in [-0.1, -0.05) is 29.8 Å². The molecule has 1 amide bonds. The van der Waals surface area contributed by atoms with E-state index in [2.05, 4.69) is 5.10 Å². The van der Waals surface area contributed by atoms with Crippen molar-refractivity contribution in [1.82, 2.24) is 9.78 Å². The monoisotopic (exact) mass is 373 g/mol. The number of fused-ring (bicyclic) bond motifs is 1. The molecule has 1 atom stereocenters. The van der Waals surface area contributed by atoms with Crippen LogP contribution in [0.5, 0.6) is 5.75 Å². The third-order valence-corrected chi connectivity index (χ3v) is 3.99. The normalized spacial score (nSPS) is 12.1. The Morgan fingerprint density at radius 1 is 1.19 bits per heavy atom. The Labute approximate surface area is 153 Å². The van der Waals surface area contributed by atoms with Crippen molar-refractivity contribution in [1.29, 1.82) is 0 Å². The van der Waals surface area contributed by atoms with Crippen molar-refractivity contribution in [2.75, 3.05) is 6.61 Å². The van der Waals surface area contributed by atoms with Crippen LogP contribution in [0.25, 0.3) is 10.8 Å². The summed E-state index contributed by atoms with van der Waals surface area (Å²) in [6, 6.07) is 13.2. The lowest BCUT2D eigenvalue weighted by Crippen LogP contribution is -2.34. The van der Waals surface area contributed by atoms with Gasteiger partial charge in [-0.25, -0.2) is 4.68 Å². The predicted molar refractivity (Wildman–Crippen MR) is 97.5 cm³/mol. The molecule has 0 aliphatic carbocycles. The van der Waals surface area contributed by atoms with E-state index in [0.717, 1.165) is 4.68 Å². The third-order valence-electron chi connectivity index (χ3n) is 3.74. The van der Waals surface area contributed by atoms with E-state index in [1.165, 1.54) is 0 Å². The Bertz CT molecular complexity index is 1000. The van der Waals surface area contributed by atoms with Crippen LogP contribution in [0.3, 0.4) is 0 Å². The first kappa shape index (κ1) is 17.9. The summed E-state index contributed by atoms with van der Waals surface area (Å²) in [5.41, 5.74) is 4.92. The van der Waals surface area contributed by atoms with Crippen molar-refractivity contribution < 1.29 is 14.6 Å².